The molecule has 0 fully saturated rings. The van der Waals surface area contributed by atoms with Crippen LogP contribution < -0.4 is 16.4 Å². The zero-order chi connectivity index (χ0) is 26.0. The van der Waals surface area contributed by atoms with E-state index >= 15 is 0 Å². The van der Waals surface area contributed by atoms with E-state index in [0.29, 0.717) is 31.8 Å². The topological polar surface area (TPSA) is 154 Å². The van der Waals surface area contributed by atoms with E-state index in [-0.39, 0.29) is 31.8 Å². The molecule has 1 aromatic heterocycles. The standard InChI is InChI=1S/C25H38N6O5/c1-25(2,26)23(33)28-20(17-35-15-18-9-4-3-5-10-18)22-30-29-21-12-8-11-19(31(21)22)16-36-24(34)27-13-6-7-14-32/h3-5,9-10,19-20,32H,6-8,11-17,26H2,1-2H3,(H,27,34)(H,28,33)/t19?,20-/m1/s1. The first-order valence-electron chi connectivity index (χ1n) is 12.5. The van der Waals surface area contributed by atoms with E-state index in [0.717, 1.165) is 30.7 Å². The molecule has 1 unspecified atom stereocenters. The fourth-order valence-corrected chi connectivity index (χ4v) is 3.97. The fraction of sp³-hybridized carbons (Fsp3) is 0.600. The molecule has 5 N–H and O–H groups in total. The summed E-state index contributed by atoms with van der Waals surface area (Å²) >= 11 is 0. The molecule has 3 rings (SSSR count). The van der Waals surface area contributed by atoms with Gasteiger partial charge in [0.05, 0.1) is 24.8 Å². The van der Waals surface area contributed by atoms with Crippen molar-refractivity contribution in [2.24, 2.45) is 5.73 Å². The van der Waals surface area contributed by atoms with Crippen molar-refractivity contribution in [3.05, 3.63) is 47.5 Å². The number of unbranched alkanes of at least 4 members (excludes halogenated alkanes) is 1. The smallest absolute Gasteiger partial charge is 0.407 e. The van der Waals surface area contributed by atoms with Crippen LogP contribution in [0.3, 0.4) is 0 Å². The Bertz CT molecular complexity index is 975. The first-order chi connectivity index (χ1) is 17.3. The van der Waals surface area contributed by atoms with Crippen molar-refractivity contribution < 1.29 is 24.2 Å². The van der Waals surface area contributed by atoms with Gasteiger partial charge in [0.15, 0.2) is 5.82 Å². The number of amides is 2. The third kappa shape index (κ3) is 8.00. The van der Waals surface area contributed by atoms with E-state index < -0.39 is 17.7 Å². The Labute approximate surface area is 211 Å². The van der Waals surface area contributed by atoms with Crippen LogP contribution in [0.15, 0.2) is 30.3 Å². The van der Waals surface area contributed by atoms with Crippen molar-refractivity contribution in [1.82, 2.24) is 25.4 Å². The average Bonchev–Trinajstić information content (AvgIpc) is 3.29. The summed E-state index contributed by atoms with van der Waals surface area (Å²) in [6.07, 6.45) is 3.21. The Morgan fingerprint density at radius 2 is 2.03 bits per heavy atom. The summed E-state index contributed by atoms with van der Waals surface area (Å²) in [6.45, 7) is 4.51. The van der Waals surface area contributed by atoms with Gasteiger partial charge in [-0.15, -0.1) is 10.2 Å². The van der Waals surface area contributed by atoms with Crippen LogP contribution in [0.4, 0.5) is 4.79 Å². The normalized spacial score (nSPS) is 16.2. The maximum atomic E-state index is 12.8. The molecular weight excluding hydrogens is 464 g/mol. The fourth-order valence-electron chi connectivity index (χ4n) is 3.97. The van der Waals surface area contributed by atoms with Gasteiger partial charge in [0.1, 0.15) is 18.5 Å². The van der Waals surface area contributed by atoms with Crippen molar-refractivity contribution in [2.75, 3.05) is 26.4 Å². The number of benzene rings is 1. The highest BCUT2D eigenvalue weighted by Gasteiger charge is 2.32. The van der Waals surface area contributed by atoms with E-state index in [9.17, 15) is 9.59 Å². The van der Waals surface area contributed by atoms with Crippen LogP contribution in [0.2, 0.25) is 0 Å². The molecule has 1 aliphatic rings. The minimum atomic E-state index is -1.08. The number of nitrogens with two attached hydrogens (primary N) is 1. The molecule has 0 saturated carbocycles. The zero-order valence-corrected chi connectivity index (χ0v) is 21.1. The lowest BCUT2D eigenvalue weighted by Crippen LogP contribution is -2.51. The van der Waals surface area contributed by atoms with E-state index in [1.165, 1.54) is 0 Å². The van der Waals surface area contributed by atoms with Crippen LogP contribution in [-0.4, -0.2) is 63.8 Å². The quantitative estimate of drug-likeness (QED) is 0.302. The van der Waals surface area contributed by atoms with Crippen LogP contribution in [0.25, 0.3) is 0 Å². The average molecular weight is 503 g/mol. The van der Waals surface area contributed by atoms with Gasteiger partial charge in [-0.1, -0.05) is 30.3 Å². The predicted octanol–water partition coefficient (Wildman–Crippen LogP) is 1.77. The number of aromatic nitrogens is 3. The molecule has 11 heteroatoms. The molecule has 0 bridgehead atoms. The SMILES string of the molecule is CC(C)(N)C(=O)N[C@H](COCc1ccccc1)c1nnc2n1C(COC(=O)NCCCCO)CCC2. The van der Waals surface area contributed by atoms with Gasteiger partial charge < -0.3 is 35.5 Å². The van der Waals surface area contributed by atoms with Crippen molar-refractivity contribution in [3.8, 4) is 0 Å². The van der Waals surface area contributed by atoms with Crippen LogP contribution in [0.1, 0.15) is 68.8 Å². The molecule has 2 heterocycles. The second-order valence-corrected chi connectivity index (χ2v) is 9.59. The maximum absolute atomic E-state index is 12.8. The lowest BCUT2D eigenvalue weighted by Gasteiger charge is -2.29. The Kier molecular flexibility index (Phi) is 10.2. The number of fused-ring (bicyclic) bond motifs is 1. The van der Waals surface area contributed by atoms with Crippen molar-refractivity contribution >= 4 is 12.0 Å². The van der Waals surface area contributed by atoms with Gasteiger partial charge in [-0.05, 0) is 45.1 Å². The second-order valence-electron chi connectivity index (χ2n) is 9.59. The molecule has 2 atom stereocenters. The van der Waals surface area contributed by atoms with Crippen LogP contribution in [0.5, 0.6) is 0 Å². The number of aryl methyl sites for hydroxylation is 1. The first-order valence-corrected chi connectivity index (χ1v) is 12.5. The molecule has 2 aromatic rings. The number of carbonyl (C=O) groups excluding carboxylic acids is 2. The largest absolute Gasteiger partial charge is 0.447 e. The molecule has 0 spiro atoms. The summed E-state index contributed by atoms with van der Waals surface area (Å²) < 4.78 is 13.4. The van der Waals surface area contributed by atoms with Gasteiger partial charge in [-0.25, -0.2) is 4.79 Å². The Balaban J connectivity index is 1.72. The number of rotatable bonds is 13. The van der Waals surface area contributed by atoms with Crippen molar-refractivity contribution in [3.63, 3.8) is 0 Å². The summed E-state index contributed by atoms with van der Waals surface area (Å²) in [4.78, 5) is 24.9. The number of carbonyl (C=O) groups is 2. The number of aliphatic hydroxyl groups is 1. The molecule has 0 saturated heterocycles. The first kappa shape index (κ1) is 27.6. The monoisotopic (exact) mass is 502 g/mol. The van der Waals surface area contributed by atoms with E-state index in [1.807, 2.05) is 34.9 Å². The lowest BCUT2D eigenvalue weighted by atomic mass is 10.0. The minimum absolute atomic E-state index is 0.0894. The predicted molar refractivity (Wildman–Crippen MR) is 133 cm³/mol. The molecule has 0 aliphatic carbocycles. The molecule has 2 amide bonds. The van der Waals surface area contributed by atoms with E-state index in [2.05, 4.69) is 20.8 Å². The Morgan fingerprint density at radius 1 is 1.25 bits per heavy atom. The van der Waals surface area contributed by atoms with Crippen LogP contribution in [0, 0.1) is 0 Å². The van der Waals surface area contributed by atoms with Crippen molar-refractivity contribution in [2.45, 2.75) is 70.2 Å². The highest BCUT2D eigenvalue weighted by Crippen LogP contribution is 2.28. The lowest BCUT2D eigenvalue weighted by molar-refractivity contribution is -0.126. The molecule has 198 valence electrons. The summed E-state index contributed by atoms with van der Waals surface area (Å²) in [5.74, 6) is 0.994. The third-order valence-corrected chi connectivity index (χ3v) is 5.95. The molecule has 1 aromatic carbocycles. The Hall–Kier alpha value is -3.02. The number of alkyl carbamates (subject to hydrolysis) is 1. The minimum Gasteiger partial charge on any atom is -0.447 e. The summed E-state index contributed by atoms with van der Waals surface area (Å²) in [5.41, 5.74) is 5.96. The number of aliphatic hydroxyl groups excluding tert-OH is 1. The third-order valence-electron chi connectivity index (χ3n) is 5.95. The van der Waals surface area contributed by atoms with Gasteiger partial charge in [-0.2, -0.15) is 0 Å². The highest BCUT2D eigenvalue weighted by molar-refractivity contribution is 5.85. The molecule has 0 radical (unpaired) electrons. The van der Waals surface area contributed by atoms with Gasteiger partial charge >= 0.3 is 6.09 Å². The summed E-state index contributed by atoms with van der Waals surface area (Å²) in [6, 6.07) is 9.01. The zero-order valence-electron chi connectivity index (χ0n) is 21.1. The van der Waals surface area contributed by atoms with Crippen molar-refractivity contribution in [1.29, 1.82) is 0 Å². The highest BCUT2D eigenvalue weighted by atomic mass is 16.5. The number of ether oxygens (including phenoxy) is 2. The Morgan fingerprint density at radius 3 is 2.75 bits per heavy atom. The molecule has 36 heavy (non-hydrogen) atoms. The number of nitrogens with one attached hydrogen (secondary N) is 2. The number of hydrogen-bond donors (Lipinski definition) is 4. The van der Waals surface area contributed by atoms with E-state index in [1.54, 1.807) is 13.8 Å². The van der Waals surface area contributed by atoms with Gasteiger partial charge in [0.2, 0.25) is 5.91 Å². The summed E-state index contributed by atoms with van der Waals surface area (Å²) in [7, 11) is 0. The number of nitrogens with zero attached hydrogens (tertiary/aromatic N) is 3. The molecule has 1 aliphatic heterocycles. The molecule has 11 nitrogen and oxygen atoms in total. The maximum Gasteiger partial charge on any atom is 0.407 e. The number of hydrogen-bond acceptors (Lipinski definition) is 8. The van der Waals surface area contributed by atoms with Gasteiger partial charge in [0.25, 0.3) is 0 Å². The van der Waals surface area contributed by atoms with Crippen LogP contribution in [-0.2, 0) is 27.3 Å². The van der Waals surface area contributed by atoms with Crippen LogP contribution >= 0.6 is 0 Å². The van der Waals surface area contributed by atoms with Gasteiger partial charge in [0, 0.05) is 19.6 Å². The molecular formula is C25H38N6O5. The summed E-state index contributed by atoms with van der Waals surface area (Å²) in [5, 5.41) is 23.3. The van der Waals surface area contributed by atoms with Gasteiger partial charge in [-0.3, -0.25) is 4.79 Å². The van der Waals surface area contributed by atoms with E-state index in [4.69, 9.17) is 20.3 Å². The second kappa shape index (κ2) is 13.3.